The van der Waals surface area contributed by atoms with E-state index in [-0.39, 0.29) is 11.9 Å². The largest absolute Gasteiger partial charge is 0.383 e. The Balaban J connectivity index is 2.97. The molecule has 1 aromatic carbocycles. The lowest BCUT2D eigenvalue weighted by Gasteiger charge is -2.14. The predicted molar refractivity (Wildman–Crippen MR) is 54.6 cm³/mol. The molecule has 0 saturated carbocycles. The van der Waals surface area contributed by atoms with Crippen molar-refractivity contribution in [2.75, 3.05) is 13.7 Å². The molecule has 0 radical (unpaired) electrons. The Kier molecular flexibility index (Phi) is 4.04. The fraction of sp³-hybridized carbons (Fsp3) is 0.455. The van der Waals surface area contributed by atoms with E-state index in [1.807, 2.05) is 6.92 Å². The van der Waals surface area contributed by atoms with Gasteiger partial charge in [-0.1, -0.05) is 13.0 Å². The number of nitrogens with two attached hydrogens (primary N) is 1. The quantitative estimate of drug-likeness (QED) is 0.801. The number of hydrogen-bond donors (Lipinski definition) is 1. The molecule has 1 atom stereocenters. The van der Waals surface area contributed by atoms with Crippen LogP contribution in [0.3, 0.4) is 0 Å². The van der Waals surface area contributed by atoms with E-state index < -0.39 is 0 Å². The second-order valence-electron chi connectivity index (χ2n) is 3.26. The van der Waals surface area contributed by atoms with Gasteiger partial charge in [-0.25, -0.2) is 4.39 Å². The van der Waals surface area contributed by atoms with E-state index in [0.717, 1.165) is 17.5 Å². The molecule has 2 nitrogen and oxygen atoms in total. The van der Waals surface area contributed by atoms with Crippen LogP contribution < -0.4 is 5.73 Å². The molecule has 0 amide bonds. The highest BCUT2D eigenvalue weighted by molar-refractivity contribution is 5.30. The average Bonchev–Trinajstić information content (AvgIpc) is 2.18. The zero-order valence-corrected chi connectivity index (χ0v) is 8.59. The standard InChI is InChI=1S/C11H16FNO/c1-3-8-4-5-9(12)6-10(8)11(13)7-14-2/h4-6,11H,3,7,13H2,1-2H3. The highest BCUT2D eigenvalue weighted by Crippen LogP contribution is 2.18. The van der Waals surface area contributed by atoms with Crippen LogP contribution in [0, 0.1) is 5.82 Å². The van der Waals surface area contributed by atoms with Crippen LogP contribution in [0.5, 0.6) is 0 Å². The van der Waals surface area contributed by atoms with E-state index in [1.165, 1.54) is 12.1 Å². The minimum absolute atomic E-state index is 0.245. The van der Waals surface area contributed by atoms with Gasteiger partial charge in [-0.3, -0.25) is 0 Å². The zero-order valence-electron chi connectivity index (χ0n) is 8.59. The van der Waals surface area contributed by atoms with Crippen LogP contribution in [-0.2, 0) is 11.2 Å². The lowest BCUT2D eigenvalue weighted by atomic mass is 9.99. The Bertz CT molecular complexity index is 301. The Morgan fingerprint density at radius 1 is 1.50 bits per heavy atom. The van der Waals surface area contributed by atoms with Crippen molar-refractivity contribution < 1.29 is 9.13 Å². The van der Waals surface area contributed by atoms with E-state index in [2.05, 4.69) is 0 Å². The predicted octanol–water partition coefficient (Wildman–Crippen LogP) is 2.03. The molecule has 0 aromatic heterocycles. The fourth-order valence-corrected chi connectivity index (χ4v) is 1.50. The van der Waals surface area contributed by atoms with Crippen molar-refractivity contribution in [3.05, 3.63) is 35.1 Å². The lowest BCUT2D eigenvalue weighted by Crippen LogP contribution is -2.18. The van der Waals surface area contributed by atoms with Gasteiger partial charge >= 0.3 is 0 Å². The molecule has 1 rings (SSSR count). The van der Waals surface area contributed by atoms with Gasteiger partial charge in [0, 0.05) is 7.11 Å². The number of hydrogen-bond acceptors (Lipinski definition) is 2. The van der Waals surface area contributed by atoms with Crippen LogP contribution in [0.4, 0.5) is 4.39 Å². The van der Waals surface area contributed by atoms with Crippen molar-refractivity contribution in [2.45, 2.75) is 19.4 Å². The summed E-state index contributed by atoms with van der Waals surface area (Å²) in [5.74, 6) is -0.247. The molecule has 0 aliphatic carbocycles. The molecule has 0 heterocycles. The number of halogens is 1. The first-order valence-corrected chi connectivity index (χ1v) is 4.71. The molecular formula is C11H16FNO. The summed E-state index contributed by atoms with van der Waals surface area (Å²) in [7, 11) is 1.59. The van der Waals surface area contributed by atoms with Crippen molar-refractivity contribution in [2.24, 2.45) is 5.73 Å². The highest BCUT2D eigenvalue weighted by Gasteiger charge is 2.10. The Morgan fingerprint density at radius 3 is 2.79 bits per heavy atom. The summed E-state index contributed by atoms with van der Waals surface area (Å²) in [6.07, 6.45) is 0.854. The van der Waals surface area contributed by atoms with Gasteiger partial charge in [-0.2, -0.15) is 0 Å². The van der Waals surface area contributed by atoms with Crippen LogP contribution in [0.25, 0.3) is 0 Å². The molecule has 2 N–H and O–H groups in total. The Morgan fingerprint density at radius 2 is 2.21 bits per heavy atom. The van der Waals surface area contributed by atoms with Crippen LogP contribution in [0.1, 0.15) is 24.1 Å². The van der Waals surface area contributed by atoms with Crippen molar-refractivity contribution in [1.82, 2.24) is 0 Å². The molecule has 0 fully saturated rings. The van der Waals surface area contributed by atoms with Crippen LogP contribution in [0.15, 0.2) is 18.2 Å². The Hall–Kier alpha value is -0.930. The van der Waals surface area contributed by atoms with E-state index >= 15 is 0 Å². The van der Waals surface area contributed by atoms with Gasteiger partial charge in [-0.15, -0.1) is 0 Å². The summed E-state index contributed by atoms with van der Waals surface area (Å²) in [4.78, 5) is 0. The van der Waals surface area contributed by atoms with E-state index in [4.69, 9.17) is 10.5 Å². The summed E-state index contributed by atoms with van der Waals surface area (Å²) in [5.41, 5.74) is 7.78. The number of methoxy groups -OCH3 is 1. The first-order chi connectivity index (χ1) is 6.69. The molecule has 14 heavy (non-hydrogen) atoms. The molecule has 0 bridgehead atoms. The van der Waals surface area contributed by atoms with Gasteiger partial charge < -0.3 is 10.5 Å². The second-order valence-corrected chi connectivity index (χ2v) is 3.26. The van der Waals surface area contributed by atoms with Gasteiger partial charge in [0.25, 0.3) is 0 Å². The van der Waals surface area contributed by atoms with E-state index in [1.54, 1.807) is 13.2 Å². The number of benzene rings is 1. The number of ether oxygens (including phenoxy) is 1. The smallest absolute Gasteiger partial charge is 0.123 e. The van der Waals surface area contributed by atoms with Gasteiger partial charge in [0.05, 0.1) is 12.6 Å². The third-order valence-electron chi connectivity index (χ3n) is 2.23. The molecule has 0 aliphatic rings. The lowest BCUT2D eigenvalue weighted by molar-refractivity contribution is 0.180. The maximum atomic E-state index is 13.0. The molecular weight excluding hydrogens is 181 g/mol. The topological polar surface area (TPSA) is 35.2 Å². The molecule has 1 aromatic rings. The van der Waals surface area contributed by atoms with Gasteiger partial charge in [0.1, 0.15) is 5.82 Å². The first-order valence-electron chi connectivity index (χ1n) is 4.71. The summed E-state index contributed by atoms with van der Waals surface area (Å²) in [6, 6.07) is 4.48. The van der Waals surface area contributed by atoms with Gasteiger partial charge in [0.2, 0.25) is 0 Å². The van der Waals surface area contributed by atoms with Gasteiger partial charge in [-0.05, 0) is 29.7 Å². The minimum atomic E-state index is -0.247. The van der Waals surface area contributed by atoms with E-state index in [9.17, 15) is 4.39 Å². The molecule has 0 spiro atoms. The van der Waals surface area contributed by atoms with Crippen molar-refractivity contribution in [3.8, 4) is 0 Å². The number of aryl methyl sites for hydroxylation is 1. The maximum absolute atomic E-state index is 13.0. The van der Waals surface area contributed by atoms with Crippen molar-refractivity contribution >= 4 is 0 Å². The molecule has 1 unspecified atom stereocenters. The third-order valence-corrected chi connectivity index (χ3v) is 2.23. The summed E-state index contributed by atoms with van der Waals surface area (Å²) in [5, 5.41) is 0. The van der Waals surface area contributed by atoms with Crippen LogP contribution in [-0.4, -0.2) is 13.7 Å². The van der Waals surface area contributed by atoms with Crippen molar-refractivity contribution in [1.29, 1.82) is 0 Å². The van der Waals surface area contributed by atoms with E-state index in [0.29, 0.717) is 6.61 Å². The van der Waals surface area contributed by atoms with Crippen LogP contribution >= 0.6 is 0 Å². The number of rotatable bonds is 4. The summed E-state index contributed by atoms with van der Waals surface area (Å²) < 4.78 is 17.9. The SMILES string of the molecule is CCc1ccc(F)cc1C(N)COC. The minimum Gasteiger partial charge on any atom is -0.383 e. The molecule has 78 valence electrons. The zero-order chi connectivity index (χ0) is 10.6. The summed E-state index contributed by atoms with van der Waals surface area (Å²) in [6.45, 7) is 2.44. The molecule has 0 aliphatic heterocycles. The first kappa shape index (κ1) is 11.1. The Labute approximate surface area is 83.9 Å². The van der Waals surface area contributed by atoms with Crippen LogP contribution in [0.2, 0.25) is 0 Å². The molecule has 3 heteroatoms. The third kappa shape index (κ3) is 2.53. The van der Waals surface area contributed by atoms with Gasteiger partial charge in [0.15, 0.2) is 0 Å². The van der Waals surface area contributed by atoms with Crippen molar-refractivity contribution in [3.63, 3.8) is 0 Å². The summed E-state index contributed by atoms with van der Waals surface area (Å²) >= 11 is 0. The second kappa shape index (κ2) is 5.08. The normalized spacial score (nSPS) is 12.9. The fourth-order valence-electron chi connectivity index (χ4n) is 1.50. The maximum Gasteiger partial charge on any atom is 0.123 e. The molecule has 0 saturated heterocycles. The average molecular weight is 197 g/mol. The highest BCUT2D eigenvalue weighted by atomic mass is 19.1. The monoisotopic (exact) mass is 197 g/mol.